The lowest BCUT2D eigenvalue weighted by atomic mass is 10.2. The zero-order chi connectivity index (χ0) is 21.1. The Morgan fingerprint density at radius 3 is 2.48 bits per heavy atom. The number of likely N-dealkylation sites (N-methyl/N-ethyl adjacent to an activating group) is 1. The third-order valence-corrected chi connectivity index (χ3v) is 5.03. The molecule has 1 N–H and O–H groups in total. The van der Waals surface area contributed by atoms with Gasteiger partial charge in [-0.3, -0.25) is 19.3 Å². The van der Waals surface area contributed by atoms with E-state index in [1.807, 2.05) is 0 Å². The molecule has 0 saturated heterocycles. The number of nitrogens with zero attached hydrogens (tertiary/aromatic N) is 2. The van der Waals surface area contributed by atoms with Crippen LogP contribution in [-0.2, 0) is 14.4 Å². The van der Waals surface area contributed by atoms with Gasteiger partial charge in [-0.25, -0.2) is 0 Å². The molecule has 1 heterocycles. The fourth-order valence-electron chi connectivity index (χ4n) is 2.88. The van der Waals surface area contributed by atoms with Gasteiger partial charge in [0.2, 0.25) is 11.8 Å². The van der Waals surface area contributed by atoms with Crippen LogP contribution in [0, 0.1) is 0 Å². The van der Waals surface area contributed by atoms with Crippen molar-refractivity contribution in [2.75, 3.05) is 30.4 Å². The van der Waals surface area contributed by atoms with E-state index in [1.165, 1.54) is 16.8 Å². The van der Waals surface area contributed by atoms with Gasteiger partial charge < -0.3 is 15.0 Å². The van der Waals surface area contributed by atoms with Gasteiger partial charge in [0.15, 0.2) is 6.10 Å². The average molecular weight is 436 g/mol. The van der Waals surface area contributed by atoms with Gasteiger partial charge in [0.25, 0.3) is 5.91 Å². The molecule has 3 amide bonds. The summed E-state index contributed by atoms with van der Waals surface area (Å²) >= 11 is 12.1. The first-order valence-electron chi connectivity index (χ1n) is 8.83. The van der Waals surface area contributed by atoms with Crippen molar-refractivity contribution in [2.45, 2.75) is 13.0 Å². The Morgan fingerprint density at radius 1 is 1.14 bits per heavy atom. The van der Waals surface area contributed by atoms with Crippen molar-refractivity contribution in [1.82, 2.24) is 4.90 Å². The lowest BCUT2D eigenvalue weighted by Crippen LogP contribution is -2.49. The van der Waals surface area contributed by atoms with Gasteiger partial charge in [-0.2, -0.15) is 0 Å². The zero-order valence-corrected chi connectivity index (χ0v) is 17.3. The van der Waals surface area contributed by atoms with Crippen LogP contribution >= 0.6 is 23.2 Å². The lowest BCUT2D eigenvalue weighted by Gasteiger charge is -2.33. The second kappa shape index (κ2) is 8.71. The quantitative estimate of drug-likeness (QED) is 0.781. The van der Waals surface area contributed by atoms with Crippen LogP contribution in [-0.4, -0.2) is 48.9 Å². The molecule has 2 aromatic carbocycles. The van der Waals surface area contributed by atoms with Gasteiger partial charge >= 0.3 is 0 Å². The fraction of sp³-hybridized carbons (Fsp3) is 0.250. The minimum absolute atomic E-state index is 0.208. The number of rotatable bonds is 5. The van der Waals surface area contributed by atoms with Crippen molar-refractivity contribution >= 4 is 52.3 Å². The minimum atomic E-state index is -0.700. The number of fused-ring (bicyclic) bond motifs is 1. The van der Waals surface area contributed by atoms with Gasteiger partial charge in [0.05, 0.1) is 28.0 Å². The number of para-hydroxylation sites is 3. The van der Waals surface area contributed by atoms with Crippen LogP contribution in [0.1, 0.15) is 6.92 Å². The van der Waals surface area contributed by atoms with Crippen molar-refractivity contribution in [3.63, 3.8) is 0 Å². The van der Waals surface area contributed by atoms with E-state index in [4.69, 9.17) is 27.9 Å². The number of ether oxygens (including phenoxy) is 1. The summed E-state index contributed by atoms with van der Waals surface area (Å²) in [7, 11) is 1.48. The third-order valence-electron chi connectivity index (χ3n) is 4.40. The van der Waals surface area contributed by atoms with Gasteiger partial charge in [0, 0.05) is 7.05 Å². The largest absolute Gasteiger partial charge is 0.479 e. The van der Waals surface area contributed by atoms with E-state index in [1.54, 1.807) is 49.4 Å². The summed E-state index contributed by atoms with van der Waals surface area (Å²) < 4.78 is 5.56. The van der Waals surface area contributed by atoms with Crippen LogP contribution in [0.2, 0.25) is 10.0 Å². The maximum atomic E-state index is 12.7. The summed E-state index contributed by atoms with van der Waals surface area (Å²) in [6.07, 6.45) is -0.700. The van der Waals surface area contributed by atoms with Crippen LogP contribution < -0.4 is 15.0 Å². The second-order valence-corrected chi connectivity index (χ2v) is 7.36. The Hall–Kier alpha value is -2.77. The van der Waals surface area contributed by atoms with Crippen LogP contribution in [0.25, 0.3) is 0 Å². The molecule has 7 nitrogen and oxygen atoms in total. The number of carbonyl (C=O) groups is 3. The Labute approximate surface area is 178 Å². The standard InChI is InChI=1S/C20H19Cl2N3O4/c1-12-20(28)25(15-8-3-4-9-16(15)29-12)11-18(27)24(2)10-17(26)23-19-13(21)6-5-7-14(19)22/h3-9,12H,10-11H2,1-2H3,(H,23,26). The lowest BCUT2D eigenvalue weighted by molar-refractivity contribution is -0.134. The Kier molecular flexibility index (Phi) is 6.30. The molecule has 0 saturated carbocycles. The molecule has 2 aromatic rings. The number of halogens is 2. The number of amides is 3. The molecule has 1 atom stereocenters. The molecule has 29 heavy (non-hydrogen) atoms. The maximum Gasteiger partial charge on any atom is 0.268 e. The molecule has 1 aliphatic rings. The molecule has 1 unspecified atom stereocenters. The monoisotopic (exact) mass is 435 g/mol. The van der Waals surface area contributed by atoms with Gasteiger partial charge in [-0.05, 0) is 31.2 Å². The summed E-state index contributed by atoms with van der Waals surface area (Å²) in [4.78, 5) is 40.1. The van der Waals surface area contributed by atoms with E-state index in [0.717, 1.165) is 0 Å². The highest BCUT2D eigenvalue weighted by molar-refractivity contribution is 6.39. The molecule has 0 aromatic heterocycles. The van der Waals surface area contributed by atoms with Crippen molar-refractivity contribution in [3.8, 4) is 5.75 Å². The van der Waals surface area contributed by atoms with Crippen LogP contribution in [0.5, 0.6) is 5.75 Å². The molecule has 1 aliphatic heterocycles. The molecular formula is C20H19Cl2N3O4. The van der Waals surface area contributed by atoms with Crippen molar-refractivity contribution in [3.05, 3.63) is 52.5 Å². The Bertz CT molecular complexity index is 946. The zero-order valence-electron chi connectivity index (χ0n) is 15.8. The molecule has 0 aliphatic carbocycles. The smallest absolute Gasteiger partial charge is 0.268 e. The molecule has 0 spiro atoms. The van der Waals surface area contributed by atoms with Gasteiger partial charge in [-0.1, -0.05) is 41.4 Å². The number of hydrogen-bond acceptors (Lipinski definition) is 4. The van der Waals surface area contributed by atoms with E-state index >= 15 is 0 Å². The summed E-state index contributed by atoms with van der Waals surface area (Å²) in [5.41, 5.74) is 0.803. The molecule has 0 fully saturated rings. The summed E-state index contributed by atoms with van der Waals surface area (Å²) in [6, 6.07) is 11.8. The Balaban J connectivity index is 1.66. The third kappa shape index (κ3) is 4.63. The van der Waals surface area contributed by atoms with E-state index in [9.17, 15) is 14.4 Å². The number of carbonyl (C=O) groups excluding carboxylic acids is 3. The number of nitrogens with one attached hydrogen (secondary N) is 1. The van der Waals surface area contributed by atoms with Crippen molar-refractivity contribution < 1.29 is 19.1 Å². The predicted molar refractivity (Wildman–Crippen MR) is 112 cm³/mol. The first-order chi connectivity index (χ1) is 13.8. The van der Waals surface area contributed by atoms with E-state index in [-0.39, 0.29) is 24.7 Å². The van der Waals surface area contributed by atoms with Crippen molar-refractivity contribution in [2.24, 2.45) is 0 Å². The Morgan fingerprint density at radius 2 is 1.79 bits per heavy atom. The van der Waals surface area contributed by atoms with Crippen LogP contribution in [0.15, 0.2) is 42.5 Å². The van der Waals surface area contributed by atoms with Gasteiger partial charge in [0.1, 0.15) is 12.3 Å². The predicted octanol–water partition coefficient (Wildman–Crippen LogP) is 3.20. The molecule has 3 rings (SSSR count). The first-order valence-corrected chi connectivity index (χ1v) is 9.58. The number of anilines is 2. The topological polar surface area (TPSA) is 79.0 Å². The SMILES string of the molecule is CC1Oc2ccccc2N(CC(=O)N(C)CC(=O)Nc2c(Cl)cccc2Cl)C1=O. The second-order valence-electron chi connectivity index (χ2n) is 6.55. The molecule has 152 valence electrons. The van der Waals surface area contributed by atoms with E-state index < -0.39 is 17.9 Å². The van der Waals surface area contributed by atoms with Crippen LogP contribution in [0.4, 0.5) is 11.4 Å². The van der Waals surface area contributed by atoms with E-state index in [0.29, 0.717) is 21.5 Å². The number of hydrogen-bond donors (Lipinski definition) is 1. The normalized spacial score (nSPS) is 15.4. The number of benzene rings is 2. The van der Waals surface area contributed by atoms with E-state index in [2.05, 4.69) is 5.32 Å². The summed E-state index contributed by atoms with van der Waals surface area (Å²) in [6.45, 7) is 1.19. The fourth-order valence-corrected chi connectivity index (χ4v) is 3.37. The summed E-state index contributed by atoms with van der Waals surface area (Å²) in [5, 5.41) is 3.19. The molecule has 0 bridgehead atoms. The molecule has 0 radical (unpaired) electrons. The molecular weight excluding hydrogens is 417 g/mol. The minimum Gasteiger partial charge on any atom is -0.479 e. The molecule has 9 heteroatoms. The maximum absolute atomic E-state index is 12.7. The van der Waals surface area contributed by atoms with Gasteiger partial charge in [-0.15, -0.1) is 0 Å². The summed E-state index contributed by atoms with van der Waals surface area (Å²) in [5.74, 6) is -0.653. The average Bonchev–Trinajstić information content (AvgIpc) is 2.68. The highest BCUT2D eigenvalue weighted by Crippen LogP contribution is 2.33. The highest BCUT2D eigenvalue weighted by atomic mass is 35.5. The van der Waals surface area contributed by atoms with Crippen molar-refractivity contribution in [1.29, 1.82) is 0 Å². The highest BCUT2D eigenvalue weighted by Gasteiger charge is 2.33. The van der Waals surface area contributed by atoms with Crippen LogP contribution in [0.3, 0.4) is 0 Å². The first kappa shape index (κ1) is 21.0.